The van der Waals surface area contributed by atoms with Crippen LogP contribution < -0.4 is 11.1 Å². The molecule has 5 heteroatoms. The molecule has 104 valence electrons. The summed E-state index contributed by atoms with van der Waals surface area (Å²) in [6.07, 6.45) is 1.50. The lowest BCUT2D eigenvalue weighted by molar-refractivity contribution is 0.0979. The lowest BCUT2D eigenvalue weighted by atomic mass is 9.84. The van der Waals surface area contributed by atoms with Gasteiger partial charge in [-0.05, 0) is 6.07 Å². The molecule has 0 amide bonds. The van der Waals surface area contributed by atoms with Crippen LogP contribution in [0.25, 0.3) is 0 Å². The molecule has 1 aromatic carbocycles. The van der Waals surface area contributed by atoms with Crippen LogP contribution in [0.5, 0.6) is 0 Å². The number of nitrogens with one attached hydrogen (secondary N) is 1. The standard InChI is InChI=1S/C16H13N3O2/c1-9(17)8-19-16-13-12(6-7-18-16)14(20)10-4-2-3-5-11(10)15(13)21/h2-7H,1,8,17H2,(H,18,19). The molecule has 5 nitrogen and oxygen atoms in total. The van der Waals surface area contributed by atoms with Crippen LogP contribution in [0.1, 0.15) is 31.8 Å². The number of ketones is 2. The van der Waals surface area contributed by atoms with Crippen LogP contribution in [0.3, 0.4) is 0 Å². The van der Waals surface area contributed by atoms with E-state index >= 15 is 0 Å². The van der Waals surface area contributed by atoms with Gasteiger partial charge in [0.15, 0.2) is 11.6 Å². The van der Waals surface area contributed by atoms with Gasteiger partial charge in [-0.3, -0.25) is 9.59 Å². The minimum absolute atomic E-state index is 0.169. The molecule has 0 bridgehead atoms. The normalized spacial score (nSPS) is 12.6. The Balaban J connectivity index is 2.14. The number of pyridine rings is 1. The third-order valence-corrected chi connectivity index (χ3v) is 3.32. The molecule has 1 aliphatic rings. The Bertz CT molecular complexity index is 781. The van der Waals surface area contributed by atoms with Gasteiger partial charge in [0.2, 0.25) is 0 Å². The summed E-state index contributed by atoms with van der Waals surface area (Å²) in [6.45, 7) is 3.87. The van der Waals surface area contributed by atoms with Crippen molar-refractivity contribution in [1.82, 2.24) is 4.98 Å². The average Bonchev–Trinajstić information content (AvgIpc) is 2.50. The van der Waals surface area contributed by atoms with Gasteiger partial charge in [0, 0.05) is 28.6 Å². The Hall–Kier alpha value is -2.95. The minimum atomic E-state index is -0.210. The Kier molecular flexibility index (Phi) is 3.02. The fourth-order valence-corrected chi connectivity index (χ4v) is 2.37. The number of carbonyl (C=O) groups excluding carboxylic acids is 2. The number of nitrogens with two attached hydrogens (primary N) is 1. The Labute approximate surface area is 121 Å². The molecule has 3 N–H and O–H groups in total. The van der Waals surface area contributed by atoms with Gasteiger partial charge in [0.25, 0.3) is 0 Å². The molecule has 0 aliphatic heterocycles. The predicted octanol–water partition coefficient (Wildman–Crippen LogP) is 1.74. The molecule has 0 fully saturated rings. The predicted molar refractivity (Wildman–Crippen MR) is 79.4 cm³/mol. The summed E-state index contributed by atoms with van der Waals surface area (Å²) in [7, 11) is 0. The summed E-state index contributed by atoms with van der Waals surface area (Å²) < 4.78 is 0. The average molecular weight is 279 g/mol. The van der Waals surface area contributed by atoms with E-state index in [9.17, 15) is 9.59 Å². The van der Waals surface area contributed by atoms with Gasteiger partial charge in [-0.1, -0.05) is 30.8 Å². The van der Waals surface area contributed by atoms with E-state index in [0.717, 1.165) is 0 Å². The Morgan fingerprint density at radius 1 is 1.10 bits per heavy atom. The highest BCUT2D eigenvalue weighted by molar-refractivity contribution is 6.29. The zero-order chi connectivity index (χ0) is 15.0. The van der Waals surface area contributed by atoms with E-state index in [1.165, 1.54) is 6.20 Å². The summed E-state index contributed by atoms with van der Waals surface area (Å²) in [5.74, 6) is -0.0254. The van der Waals surface area contributed by atoms with Crippen LogP contribution in [0, 0.1) is 0 Å². The third kappa shape index (κ3) is 2.08. The molecular formula is C16H13N3O2. The van der Waals surface area contributed by atoms with Gasteiger partial charge >= 0.3 is 0 Å². The van der Waals surface area contributed by atoms with Gasteiger partial charge in [0.1, 0.15) is 5.82 Å². The van der Waals surface area contributed by atoms with Crippen molar-refractivity contribution >= 4 is 17.4 Å². The van der Waals surface area contributed by atoms with Crippen LogP contribution in [0.15, 0.2) is 48.8 Å². The molecule has 2 aromatic rings. The summed E-state index contributed by atoms with van der Waals surface area (Å²) >= 11 is 0. The van der Waals surface area contributed by atoms with E-state index in [4.69, 9.17) is 5.73 Å². The highest BCUT2D eigenvalue weighted by Gasteiger charge is 2.31. The van der Waals surface area contributed by atoms with Crippen molar-refractivity contribution in [1.29, 1.82) is 0 Å². The van der Waals surface area contributed by atoms with E-state index in [0.29, 0.717) is 33.8 Å². The number of nitrogens with zero attached hydrogens (tertiary/aromatic N) is 1. The fourth-order valence-electron chi connectivity index (χ4n) is 2.37. The number of hydrogen-bond donors (Lipinski definition) is 2. The molecule has 0 saturated carbocycles. The lowest BCUT2D eigenvalue weighted by Gasteiger charge is -2.19. The third-order valence-electron chi connectivity index (χ3n) is 3.32. The van der Waals surface area contributed by atoms with Crippen molar-refractivity contribution in [3.8, 4) is 0 Å². The van der Waals surface area contributed by atoms with Crippen molar-refractivity contribution in [3.05, 3.63) is 71.1 Å². The zero-order valence-electron chi connectivity index (χ0n) is 11.2. The summed E-state index contributed by atoms with van der Waals surface area (Å²) in [4.78, 5) is 29.3. The van der Waals surface area contributed by atoms with Gasteiger partial charge in [-0.25, -0.2) is 4.98 Å². The molecule has 0 saturated heterocycles. The molecule has 21 heavy (non-hydrogen) atoms. The van der Waals surface area contributed by atoms with E-state index in [-0.39, 0.29) is 18.1 Å². The number of carbonyl (C=O) groups is 2. The van der Waals surface area contributed by atoms with E-state index in [2.05, 4.69) is 16.9 Å². The molecule has 1 aliphatic carbocycles. The van der Waals surface area contributed by atoms with Gasteiger partial charge in [0.05, 0.1) is 12.1 Å². The SMILES string of the molecule is C=C(N)CNc1nccc2c1C(=O)c1ccccc1C2=O. The highest BCUT2D eigenvalue weighted by Crippen LogP contribution is 2.30. The summed E-state index contributed by atoms with van der Waals surface area (Å²) in [5.41, 5.74) is 7.42. The quantitative estimate of drug-likeness (QED) is 0.762. The zero-order valence-corrected chi connectivity index (χ0v) is 11.2. The lowest BCUT2D eigenvalue weighted by Crippen LogP contribution is -2.24. The Morgan fingerprint density at radius 2 is 1.76 bits per heavy atom. The van der Waals surface area contributed by atoms with Gasteiger partial charge in [-0.2, -0.15) is 0 Å². The smallest absolute Gasteiger partial charge is 0.198 e. The second kappa shape index (κ2) is 4.86. The molecule has 0 radical (unpaired) electrons. The van der Waals surface area contributed by atoms with E-state index in [1.807, 2.05) is 0 Å². The first-order valence-corrected chi connectivity index (χ1v) is 6.44. The molecule has 0 unspecified atom stereocenters. The maximum absolute atomic E-state index is 12.6. The minimum Gasteiger partial charge on any atom is -0.401 e. The number of hydrogen-bond acceptors (Lipinski definition) is 5. The monoisotopic (exact) mass is 279 g/mol. The Morgan fingerprint density at radius 3 is 2.43 bits per heavy atom. The fraction of sp³-hybridized carbons (Fsp3) is 0.0625. The van der Waals surface area contributed by atoms with Crippen molar-refractivity contribution in [2.24, 2.45) is 5.73 Å². The van der Waals surface area contributed by atoms with Crippen molar-refractivity contribution in [3.63, 3.8) is 0 Å². The molecule has 1 aromatic heterocycles. The van der Waals surface area contributed by atoms with Crippen molar-refractivity contribution in [2.45, 2.75) is 0 Å². The van der Waals surface area contributed by atoms with Crippen LogP contribution in [-0.2, 0) is 0 Å². The van der Waals surface area contributed by atoms with Crippen molar-refractivity contribution < 1.29 is 9.59 Å². The molecular weight excluding hydrogens is 266 g/mol. The van der Waals surface area contributed by atoms with Gasteiger partial charge < -0.3 is 11.1 Å². The first-order valence-electron chi connectivity index (χ1n) is 6.44. The first-order chi connectivity index (χ1) is 10.1. The van der Waals surface area contributed by atoms with Crippen LogP contribution >= 0.6 is 0 Å². The summed E-state index contributed by atoms with van der Waals surface area (Å²) in [5, 5.41) is 2.95. The number of benzene rings is 1. The van der Waals surface area contributed by atoms with Crippen molar-refractivity contribution in [2.75, 3.05) is 11.9 Å². The largest absolute Gasteiger partial charge is 0.401 e. The second-order valence-electron chi connectivity index (χ2n) is 4.80. The van der Waals surface area contributed by atoms with E-state index < -0.39 is 0 Å². The molecule has 0 atom stereocenters. The van der Waals surface area contributed by atoms with Crippen LogP contribution in [0.2, 0.25) is 0 Å². The number of fused-ring (bicyclic) bond motifs is 2. The van der Waals surface area contributed by atoms with Crippen LogP contribution in [-0.4, -0.2) is 23.1 Å². The number of aromatic nitrogens is 1. The maximum Gasteiger partial charge on any atom is 0.198 e. The van der Waals surface area contributed by atoms with E-state index in [1.54, 1.807) is 30.3 Å². The molecule has 3 rings (SSSR count). The summed E-state index contributed by atoms with van der Waals surface area (Å²) in [6, 6.07) is 8.35. The first kappa shape index (κ1) is 13.1. The molecule has 0 spiro atoms. The topological polar surface area (TPSA) is 85.1 Å². The molecule has 1 heterocycles. The maximum atomic E-state index is 12.6. The highest BCUT2D eigenvalue weighted by atomic mass is 16.1. The van der Waals surface area contributed by atoms with Gasteiger partial charge in [-0.15, -0.1) is 0 Å². The second-order valence-corrected chi connectivity index (χ2v) is 4.80. The number of rotatable bonds is 3. The number of anilines is 1. The van der Waals surface area contributed by atoms with Crippen LogP contribution in [0.4, 0.5) is 5.82 Å².